The summed E-state index contributed by atoms with van der Waals surface area (Å²) >= 11 is 0. The van der Waals surface area contributed by atoms with Gasteiger partial charge < -0.3 is 5.32 Å². The minimum absolute atomic E-state index is 0.249. The van der Waals surface area contributed by atoms with Crippen LogP contribution in [0.2, 0.25) is 0 Å². The van der Waals surface area contributed by atoms with Crippen LogP contribution in [0.1, 0.15) is 23.1 Å². The van der Waals surface area contributed by atoms with Gasteiger partial charge in [0.15, 0.2) is 0 Å². The first-order valence-electron chi connectivity index (χ1n) is 9.28. The molecule has 0 saturated carbocycles. The van der Waals surface area contributed by atoms with E-state index in [-0.39, 0.29) is 4.90 Å². The van der Waals surface area contributed by atoms with Crippen molar-refractivity contribution >= 4 is 21.5 Å². The third-order valence-corrected chi connectivity index (χ3v) is 5.97. The lowest BCUT2D eigenvalue weighted by molar-refractivity contribution is 0.601. The van der Waals surface area contributed by atoms with Gasteiger partial charge in [-0.1, -0.05) is 36.4 Å². The van der Waals surface area contributed by atoms with Crippen LogP contribution in [0.3, 0.4) is 0 Å². The van der Waals surface area contributed by atoms with Crippen LogP contribution in [0.15, 0.2) is 71.8 Å². The van der Waals surface area contributed by atoms with Gasteiger partial charge in [0.05, 0.1) is 16.8 Å². The molecule has 1 aromatic heterocycles. The maximum atomic E-state index is 12.5. The highest BCUT2D eigenvalue weighted by atomic mass is 32.2. The second-order valence-corrected chi connectivity index (χ2v) is 8.48. The molecule has 0 radical (unpaired) electrons. The van der Waals surface area contributed by atoms with Gasteiger partial charge in [-0.2, -0.15) is 0 Å². The molecule has 3 aromatic rings. The molecule has 1 heterocycles. The van der Waals surface area contributed by atoms with Crippen molar-refractivity contribution in [1.82, 2.24) is 4.98 Å². The highest BCUT2D eigenvalue weighted by Crippen LogP contribution is 2.19. The molecule has 3 rings (SSSR count). The molecule has 0 unspecified atom stereocenters. The van der Waals surface area contributed by atoms with Gasteiger partial charge in [-0.3, -0.25) is 4.72 Å². The number of nitrogens with zero attached hydrogens (tertiary/aromatic N) is 1. The third-order valence-electron chi connectivity index (χ3n) is 4.60. The summed E-state index contributed by atoms with van der Waals surface area (Å²) < 4.78 is 27.7. The van der Waals surface area contributed by atoms with E-state index < -0.39 is 10.0 Å². The Hall–Kier alpha value is -2.86. The number of aromatic nitrogens is 1. The van der Waals surface area contributed by atoms with Crippen molar-refractivity contribution in [2.45, 2.75) is 31.6 Å². The van der Waals surface area contributed by atoms with Gasteiger partial charge in [-0.25, -0.2) is 13.4 Å². The van der Waals surface area contributed by atoms with Gasteiger partial charge >= 0.3 is 0 Å². The normalized spacial score (nSPS) is 11.2. The summed E-state index contributed by atoms with van der Waals surface area (Å²) in [5.41, 5.74) is 3.75. The van der Waals surface area contributed by atoms with Crippen LogP contribution < -0.4 is 10.0 Å². The molecule has 2 N–H and O–H groups in total. The maximum Gasteiger partial charge on any atom is 0.261 e. The molecule has 0 fully saturated rings. The second kappa shape index (κ2) is 8.89. The second-order valence-electron chi connectivity index (χ2n) is 6.80. The molecule has 0 spiro atoms. The highest BCUT2D eigenvalue weighted by Gasteiger charge is 2.15. The predicted molar refractivity (Wildman–Crippen MR) is 114 cm³/mol. The molecule has 146 valence electrons. The maximum absolute atomic E-state index is 12.5. The summed E-state index contributed by atoms with van der Waals surface area (Å²) in [4.78, 5) is 4.54. The molecular weight excluding hydrogens is 370 g/mol. The van der Waals surface area contributed by atoms with Crippen molar-refractivity contribution < 1.29 is 8.42 Å². The van der Waals surface area contributed by atoms with Gasteiger partial charge in [0.1, 0.15) is 5.82 Å². The number of anilines is 2. The first-order chi connectivity index (χ1) is 13.4. The van der Waals surface area contributed by atoms with Crippen molar-refractivity contribution in [3.05, 3.63) is 83.6 Å². The molecule has 0 aliphatic heterocycles. The SMILES string of the molecule is Cc1ccc(S(=O)(=O)Nc2ccc(NCCCc3ccccc3)nc2)cc1C. The lowest BCUT2D eigenvalue weighted by Gasteiger charge is -2.10. The summed E-state index contributed by atoms with van der Waals surface area (Å²) in [7, 11) is -3.63. The number of pyridine rings is 1. The number of benzene rings is 2. The summed E-state index contributed by atoms with van der Waals surface area (Å²) in [5.74, 6) is 0.724. The molecule has 0 atom stereocenters. The van der Waals surface area contributed by atoms with Crippen LogP contribution >= 0.6 is 0 Å². The smallest absolute Gasteiger partial charge is 0.261 e. The van der Waals surface area contributed by atoms with Crippen molar-refractivity contribution in [2.24, 2.45) is 0 Å². The van der Waals surface area contributed by atoms with E-state index in [0.29, 0.717) is 5.69 Å². The van der Waals surface area contributed by atoms with E-state index in [1.807, 2.05) is 38.1 Å². The van der Waals surface area contributed by atoms with Gasteiger partial charge in [0, 0.05) is 6.54 Å². The number of hydrogen-bond donors (Lipinski definition) is 2. The quantitative estimate of drug-likeness (QED) is 0.549. The van der Waals surface area contributed by atoms with Gasteiger partial charge in [0.25, 0.3) is 10.0 Å². The zero-order valence-electron chi connectivity index (χ0n) is 16.1. The van der Waals surface area contributed by atoms with Gasteiger partial charge in [0.2, 0.25) is 0 Å². The van der Waals surface area contributed by atoms with E-state index in [9.17, 15) is 8.42 Å². The molecule has 28 heavy (non-hydrogen) atoms. The lowest BCUT2D eigenvalue weighted by Crippen LogP contribution is -2.13. The van der Waals surface area contributed by atoms with E-state index in [1.165, 1.54) is 11.8 Å². The Balaban J connectivity index is 1.54. The molecule has 0 saturated heterocycles. The fraction of sp³-hybridized carbons (Fsp3) is 0.227. The van der Waals surface area contributed by atoms with E-state index in [4.69, 9.17) is 0 Å². The summed E-state index contributed by atoms with van der Waals surface area (Å²) in [6.45, 7) is 4.65. The highest BCUT2D eigenvalue weighted by molar-refractivity contribution is 7.92. The molecule has 0 aliphatic rings. The largest absolute Gasteiger partial charge is 0.370 e. The van der Waals surface area contributed by atoms with Crippen LogP contribution in [0.4, 0.5) is 11.5 Å². The van der Waals surface area contributed by atoms with Crippen LogP contribution in [0.25, 0.3) is 0 Å². The van der Waals surface area contributed by atoms with Crippen molar-refractivity contribution in [3.8, 4) is 0 Å². The average Bonchev–Trinajstić information content (AvgIpc) is 2.69. The molecule has 0 amide bonds. The van der Waals surface area contributed by atoms with Crippen LogP contribution in [-0.4, -0.2) is 19.9 Å². The Morgan fingerprint density at radius 2 is 1.71 bits per heavy atom. The number of hydrogen-bond acceptors (Lipinski definition) is 4. The molecule has 2 aromatic carbocycles. The third kappa shape index (κ3) is 5.33. The minimum Gasteiger partial charge on any atom is -0.370 e. The summed E-state index contributed by atoms with van der Waals surface area (Å²) in [6.07, 6.45) is 3.52. The van der Waals surface area contributed by atoms with Crippen LogP contribution in [0, 0.1) is 13.8 Å². The Labute approximate surface area is 166 Å². The minimum atomic E-state index is -3.63. The van der Waals surface area contributed by atoms with Gasteiger partial charge in [-0.05, 0) is 67.6 Å². The Morgan fingerprint density at radius 3 is 2.39 bits per heavy atom. The Kier molecular flexibility index (Phi) is 6.31. The molecular formula is C22H25N3O2S. The van der Waals surface area contributed by atoms with Gasteiger partial charge in [-0.15, -0.1) is 0 Å². The number of nitrogens with one attached hydrogen (secondary N) is 2. The van der Waals surface area contributed by atoms with E-state index in [1.54, 1.807) is 24.3 Å². The summed E-state index contributed by atoms with van der Waals surface area (Å²) in [5, 5.41) is 3.26. The molecule has 0 aliphatic carbocycles. The first-order valence-corrected chi connectivity index (χ1v) is 10.8. The Morgan fingerprint density at radius 1 is 0.929 bits per heavy atom. The zero-order valence-corrected chi connectivity index (χ0v) is 17.0. The van der Waals surface area contributed by atoms with E-state index in [2.05, 4.69) is 27.2 Å². The number of aryl methyl sites for hydroxylation is 3. The molecule has 0 bridgehead atoms. The predicted octanol–water partition coefficient (Wildman–Crippen LogP) is 4.54. The number of sulfonamides is 1. The van der Waals surface area contributed by atoms with Crippen molar-refractivity contribution in [3.63, 3.8) is 0 Å². The number of rotatable bonds is 8. The van der Waals surface area contributed by atoms with E-state index in [0.717, 1.165) is 36.3 Å². The van der Waals surface area contributed by atoms with Crippen molar-refractivity contribution in [2.75, 3.05) is 16.6 Å². The van der Waals surface area contributed by atoms with Crippen LogP contribution in [-0.2, 0) is 16.4 Å². The van der Waals surface area contributed by atoms with Crippen molar-refractivity contribution in [1.29, 1.82) is 0 Å². The lowest BCUT2D eigenvalue weighted by atomic mass is 10.1. The average molecular weight is 396 g/mol. The first kappa shape index (κ1) is 19.9. The zero-order chi connectivity index (χ0) is 20.0. The summed E-state index contributed by atoms with van der Waals surface area (Å²) in [6, 6.07) is 18.9. The fourth-order valence-corrected chi connectivity index (χ4v) is 3.94. The topological polar surface area (TPSA) is 71.1 Å². The fourth-order valence-electron chi connectivity index (χ4n) is 2.81. The monoisotopic (exact) mass is 395 g/mol. The van der Waals surface area contributed by atoms with Crippen LogP contribution in [0.5, 0.6) is 0 Å². The molecule has 6 heteroatoms. The standard InChI is InChI=1S/C22H25N3O2S/c1-17-10-12-21(15-18(17)2)28(26,27)25-20-11-13-22(24-16-20)23-14-6-9-19-7-4-3-5-8-19/h3-5,7-8,10-13,15-16,25H,6,9,14H2,1-2H3,(H,23,24). The van der Waals surface area contributed by atoms with E-state index >= 15 is 0 Å². The molecule has 5 nitrogen and oxygen atoms in total. The Bertz CT molecular complexity index is 1020.